The molecule has 0 saturated carbocycles. The Morgan fingerprint density at radius 2 is 2.09 bits per heavy atom. The summed E-state index contributed by atoms with van der Waals surface area (Å²) in [5, 5.41) is 21.7. The number of hydrogen-bond donors (Lipinski definition) is 2. The van der Waals surface area contributed by atoms with Crippen LogP contribution in [0.2, 0.25) is 0 Å². The number of pyridine rings is 1. The number of aryl methyl sites for hydroxylation is 1. The summed E-state index contributed by atoms with van der Waals surface area (Å²) in [5.41, 5.74) is -2.89. The van der Waals surface area contributed by atoms with E-state index in [9.17, 15) is 18.3 Å². The van der Waals surface area contributed by atoms with Crippen molar-refractivity contribution in [2.75, 3.05) is 11.9 Å². The molecule has 6 nitrogen and oxygen atoms in total. The van der Waals surface area contributed by atoms with Crippen molar-refractivity contribution in [3.63, 3.8) is 0 Å². The van der Waals surface area contributed by atoms with E-state index in [1.54, 1.807) is 6.07 Å². The first-order valence-electron chi connectivity index (χ1n) is 6.65. The highest BCUT2D eigenvalue weighted by molar-refractivity contribution is 5.51. The van der Waals surface area contributed by atoms with Crippen LogP contribution in [0.15, 0.2) is 30.7 Å². The Morgan fingerprint density at radius 1 is 1.35 bits per heavy atom. The first-order valence-corrected chi connectivity index (χ1v) is 6.65. The third-order valence-corrected chi connectivity index (χ3v) is 3.37. The Balaban J connectivity index is 2.18. The van der Waals surface area contributed by atoms with Crippen molar-refractivity contribution < 1.29 is 18.3 Å². The van der Waals surface area contributed by atoms with Crippen molar-refractivity contribution in [3.8, 4) is 6.07 Å². The normalized spacial score (nSPS) is 14.1. The summed E-state index contributed by atoms with van der Waals surface area (Å²) < 4.78 is 41.1. The Labute approximate surface area is 130 Å². The number of nitrogens with zero attached hydrogens (tertiary/aromatic N) is 4. The molecule has 0 radical (unpaired) electrons. The number of anilines is 1. The molecule has 0 saturated heterocycles. The van der Waals surface area contributed by atoms with E-state index in [1.165, 1.54) is 31.7 Å². The molecule has 2 N–H and O–H groups in total. The minimum atomic E-state index is -4.89. The average molecular weight is 325 g/mol. The van der Waals surface area contributed by atoms with Crippen molar-refractivity contribution in [1.82, 2.24) is 14.5 Å². The molecule has 0 fully saturated rings. The third kappa shape index (κ3) is 3.27. The van der Waals surface area contributed by atoms with Gasteiger partial charge in [-0.2, -0.15) is 18.4 Å². The molecule has 0 amide bonds. The van der Waals surface area contributed by atoms with Gasteiger partial charge in [-0.1, -0.05) is 0 Å². The highest BCUT2D eigenvalue weighted by Crippen LogP contribution is 2.40. The number of aliphatic hydroxyl groups is 1. The van der Waals surface area contributed by atoms with Gasteiger partial charge in [-0.3, -0.25) is 0 Å². The van der Waals surface area contributed by atoms with E-state index in [-0.39, 0.29) is 17.9 Å². The van der Waals surface area contributed by atoms with Crippen molar-refractivity contribution in [1.29, 1.82) is 5.26 Å². The van der Waals surface area contributed by atoms with Crippen LogP contribution < -0.4 is 5.32 Å². The maximum absolute atomic E-state index is 13.3. The molecule has 1 atom stereocenters. The van der Waals surface area contributed by atoms with Gasteiger partial charge in [-0.15, -0.1) is 0 Å². The van der Waals surface area contributed by atoms with Gasteiger partial charge in [0.2, 0.25) is 5.60 Å². The van der Waals surface area contributed by atoms with Gasteiger partial charge in [0.25, 0.3) is 0 Å². The lowest BCUT2D eigenvalue weighted by molar-refractivity contribution is -0.271. The minimum absolute atomic E-state index is 0.166. The Hall–Kier alpha value is -2.60. The predicted octanol–water partition coefficient (Wildman–Crippen LogP) is 1.94. The molecule has 122 valence electrons. The van der Waals surface area contributed by atoms with Crippen LogP contribution in [0.3, 0.4) is 0 Å². The van der Waals surface area contributed by atoms with Crippen LogP contribution in [0.25, 0.3) is 0 Å². The van der Waals surface area contributed by atoms with Crippen molar-refractivity contribution in [3.05, 3.63) is 42.1 Å². The van der Waals surface area contributed by atoms with Gasteiger partial charge in [0, 0.05) is 38.6 Å². The molecule has 9 heteroatoms. The van der Waals surface area contributed by atoms with Gasteiger partial charge in [-0.05, 0) is 12.1 Å². The summed E-state index contributed by atoms with van der Waals surface area (Å²) in [6, 6.07) is 4.92. The number of hydrogen-bond acceptors (Lipinski definition) is 5. The van der Waals surface area contributed by atoms with Gasteiger partial charge in [0.15, 0.2) is 0 Å². The number of rotatable bonds is 5. The molecule has 0 spiro atoms. The number of imidazole rings is 1. The van der Waals surface area contributed by atoms with Crippen LogP contribution in [0.4, 0.5) is 19.0 Å². The van der Waals surface area contributed by atoms with E-state index < -0.39 is 24.0 Å². The van der Waals surface area contributed by atoms with Crippen molar-refractivity contribution in [2.24, 2.45) is 7.05 Å². The van der Waals surface area contributed by atoms with Crippen molar-refractivity contribution >= 4 is 5.82 Å². The smallest absolute Gasteiger partial charge is 0.374 e. The topological polar surface area (TPSA) is 86.8 Å². The Bertz CT molecular complexity index is 722. The lowest BCUT2D eigenvalue weighted by Crippen LogP contribution is -2.45. The molecule has 2 heterocycles. The zero-order valence-corrected chi connectivity index (χ0v) is 12.2. The van der Waals surface area contributed by atoms with Crippen LogP contribution in [-0.2, 0) is 12.6 Å². The van der Waals surface area contributed by atoms with E-state index >= 15 is 0 Å². The number of nitriles is 1. The third-order valence-electron chi connectivity index (χ3n) is 3.37. The van der Waals surface area contributed by atoms with Gasteiger partial charge in [-0.25, -0.2) is 9.97 Å². The van der Waals surface area contributed by atoms with Crippen LogP contribution in [-0.4, -0.2) is 32.4 Å². The summed E-state index contributed by atoms with van der Waals surface area (Å²) in [6.45, 7) is -0.242. The molecule has 0 aromatic carbocycles. The Kier molecular flexibility index (Phi) is 4.56. The summed E-state index contributed by atoms with van der Waals surface area (Å²) >= 11 is 0. The van der Waals surface area contributed by atoms with Gasteiger partial charge >= 0.3 is 6.18 Å². The molecule has 0 aliphatic heterocycles. The SMILES string of the molecule is Cn1ccnc1[C@](O)(CCNc1ncccc1C#N)C(F)(F)F. The molecule has 23 heavy (non-hydrogen) atoms. The fourth-order valence-corrected chi connectivity index (χ4v) is 2.14. The minimum Gasteiger partial charge on any atom is -0.374 e. The second-order valence-corrected chi connectivity index (χ2v) is 4.91. The maximum atomic E-state index is 13.3. The van der Waals surface area contributed by atoms with E-state index in [0.29, 0.717) is 0 Å². The second kappa shape index (κ2) is 6.26. The standard InChI is InChI=1S/C14H14F3N5O/c1-22-8-7-21-12(22)13(23,14(15,16)17)4-6-20-11-10(9-18)3-2-5-19-11/h2-3,5,7-8,23H,4,6H2,1H3,(H,19,20)/t13-/m1/s1. The number of aromatic nitrogens is 3. The molecule has 0 bridgehead atoms. The number of alkyl halides is 3. The molecule has 2 rings (SSSR count). The Morgan fingerprint density at radius 3 is 2.65 bits per heavy atom. The molecule has 2 aromatic rings. The van der Waals surface area contributed by atoms with Crippen LogP contribution in [0.1, 0.15) is 17.8 Å². The fraction of sp³-hybridized carbons (Fsp3) is 0.357. The summed E-state index contributed by atoms with van der Waals surface area (Å²) in [4.78, 5) is 7.51. The van der Waals surface area contributed by atoms with Crippen LogP contribution in [0.5, 0.6) is 0 Å². The van der Waals surface area contributed by atoms with Gasteiger partial charge in [0.05, 0.1) is 5.56 Å². The van der Waals surface area contributed by atoms with E-state index in [2.05, 4.69) is 15.3 Å². The second-order valence-electron chi connectivity index (χ2n) is 4.91. The van der Waals surface area contributed by atoms with Crippen LogP contribution >= 0.6 is 0 Å². The highest BCUT2D eigenvalue weighted by Gasteiger charge is 2.57. The van der Waals surface area contributed by atoms with E-state index in [1.807, 2.05) is 6.07 Å². The van der Waals surface area contributed by atoms with Crippen molar-refractivity contribution in [2.45, 2.75) is 18.2 Å². The summed E-state index contributed by atoms with van der Waals surface area (Å²) in [7, 11) is 1.37. The molecule has 0 unspecified atom stereocenters. The van der Waals surface area contributed by atoms with Crippen LogP contribution in [0, 0.1) is 11.3 Å². The molecule has 0 aliphatic rings. The van der Waals surface area contributed by atoms with E-state index in [4.69, 9.17) is 5.26 Å². The quantitative estimate of drug-likeness (QED) is 0.877. The molecular formula is C14H14F3N5O. The molecule has 0 aliphatic carbocycles. The lowest BCUT2D eigenvalue weighted by Gasteiger charge is -2.30. The predicted molar refractivity (Wildman–Crippen MR) is 75.2 cm³/mol. The first kappa shape index (κ1) is 16.8. The largest absolute Gasteiger partial charge is 0.424 e. The number of halogens is 3. The van der Waals surface area contributed by atoms with E-state index in [0.717, 1.165) is 4.57 Å². The molecular weight excluding hydrogens is 311 g/mol. The zero-order chi connectivity index (χ0) is 17.1. The lowest BCUT2D eigenvalue weighted by atomic mass is 9.97. The number of nitrogens with one attached hydrogen (secondary N) is 1. The van der Waals surface area contributed by atoms with Gasteiger partial charge < -0.3 is 15.0 Å². The fourth-order valence-electron chi connectivity index (χ4n) is 2.14. The van der Waals surface area contributed by atoms with Gasteiger partial charge in [0.1, 0.15) is 17.7 Å². The summed E-state index contributed by atoms with van der Waals surface area (Å²) in [6.07, 6.45) is -1.64. The maximum Gasteiger partial charge on any atom is 0.424 e. The monoisotopic (exact) mass is 325 g/mol. The average Bonchev–Trinajstić information content (AvgIpc) is 2.93. The molecule has 2 aromatic heterocycles. The first-order chi connectivity index (χ1) is 10.8. The highest BCUT2D eigenvalue weighted by atomic mass is 19.4. The zero-order valence-electron chi connectivity index (χ0n) is 12.2. The summed E-state index contributed by atoms with van der Waals surface area (Å²) in [5.74, 6) is -0.326.